The van der Waals surface area contributed by atoms with E-state index < -0.39 is 0 Å². The first-order valence-electron chi connectivity index (χ1n) is 4.95. The molecular formula is C13H20. The Balaban J connectivity index is 0.000000671. The molecule has 0 heterocycles. The Labute approximate surface area is 82.4 Å². The number of rotatable bonds is 2. The van der Waals surface area contributed by atoms with Gasteiger partial charge in [0.25, 0.3) is 0 Å². The molecule has 1 aliphatic carbocycles. The van der Waals surface area contributed by atoms with Gasteiger partial charge >= 0.3 is 0 Å². The Morgan fingerprint density at radius 3 is 2.23 bits per heavy atom. The highest BCUT2D eigenvalue weighted by Crippen LogP contribution is 2.23. The second kappa shape index (κ2) is 6.47. The van der Waals surface area contributed by atoms with E-state index in [4.69, 9.17) is 0 Å². The van der Waals surface area contributed by atoms with Crippen molar-refractivity contribution in [2.75, 3.05) is 0 Å². The Morgan fingerprint density at radius 2 is 1.77 bits per heavy atom. The lowest BCUT2D eigenvalue weighted by Crippen LogP contribution is -1.97. The Morgan fingerprint density at radius 1 is 1.23 bits per heavy atom. The lowest BCUT2D eigenvalue weighted by Gasteiger charge is -2.14. The molecule has 0 fully saturated rings. The predicted molar refractivity (Wildman–Crippen MR) is 61.7 cm³/mol. The maximum absolute atomic E-state index is 3.76. The van der Waals surface area contributed by atoms with E-state index in [9.17, 15) is 0 Å². The molecule has 0 radical (unpaired) electrons. The summed E-state index contributed by atoms with van der Waals surface area (Å²) < 4.78 is 0. The Hall–Kier alpha value is -1.04. The Bertz CT molecular complexity index is 228. The summed E-state index contributed by atoms with van der Waals surface area (Å²) in [6.07, 6.45) is 9.36. The van der Waals surface area contributed by atoms with E-state index in [1.165, 1.54) is 11.1 Å². The van der Waals surface area contributed by atoms with Crippen molar-refractivity contribution in [3.05, 3.63) is 48.6 Å². The third-order valence-electron chi connectivity index (χ3n) is 1.95. The molecule has 72 valence electrons. The minimum Gasteiger partial charge on any atom is -0.0985 e. The van der Waals surface area contributed by atoms with Crippen LogP contribution in [0.5, 0.6) is 0 Å². The second-order valence-electron chi connectivity index (χ2n) is 2.90. The summed E-state index contributed by atoms with van der Waals surface area (Å²) in [6.45, 7) is 13.7. The van der Waals surface area contributed by atoms with Crippen molar-refractivity contribution in [1.82, 2.24) is 0 Å². The molecule has 0 bridgehead atoms. The SMILES string of the molecule is C=CC1=CCC(C)C=C1C=C.CC. The molecule has 0 saturated heterocycles. The molecule has 0 spiro atoms. The number of allylic oxidation sites excluding steroid dienone is 6. The van der Waals surface area contributed by atoms with Gasteiger partial charge < -0.3 is 0 Å². The molecule has 13 heavy (non-hydrogen) atoms. The Kier molecular flexibility index (Phi) is 5.96. The molecule has 0 N–H and O–H groups in total. The molecule has 0 saturated carbocycles. The van der Waals surface area contributed by atoms with Crippen LogP contribution in [0.3, 0.4) is 0 Å². The molecule has 0 aromatic heterocycles. The molecular weight excluding hydrogens is 156 g/mol. The van der Waals surface area contributed by atoms with Crippen LogP contribution in [-0.2, 0) is 0 Å². The van der Waals surface area contributed by atoms with Crippen molar-refractivity contribution in [3.8, 4) is 0 Å². The van der Waals surface area contributed by atoms with E-state index >= 15 is 0 Å². The van der Waals surface area contributed by atoms with Gasteiger partial charge in [0.2, 0.25) is 0 Å². The zero-order valence-electron chi connectivity index (χ0n) is 9.01. The molecule has 1 rings (SSSR count). The zero-order chi connectivity index (χ0) is 10.3. The molecule has 1 atom stereocenters. The van der Waals surface area contributed by atoms with E-state index in [0.29, 0.717) is 5.92 Å². The van der Waals surface area contributed by atoms with Gasteiger partial charge in [-0.15, -0.1) is 0 Å². The van der Waals surface area contributed by atoms with Gasteiger partial charge in [-0.1, -0.05) is 58.2 Å². The summed E-state index contributed by atoms with van der Waals surface area (Å²) >= 11 is 0. The molecule has 0 aliphatic heterocycles. The monoisotopic (exact) mass is 176 g/mol. The minimum atomic E-state index is 0.645. The first-order valence-corrected chi connectivity index (χ1v) is 4.95. The van der Waals surface area contributed by atoms with Crippen LogP contribution in [0.4, 0.5) is 0 Å². The second-order valence-corrected chi connectivity index (χ2v) is 2.90. The summed E-state index contributed by atoms with van der Waals surface area (Å²) in [6, 6.07) is 0. The van der Waals surface area contributed by atoms with Gasteiger partial charge in [0, 0.05) is 0 Å². The third kappa shape index (κ3) is 3.45. The van der Waals surface area contributed by atoms with E-state index in [1.54, 1.807) is 0 Å². The highest BCUT2D eigenvalue weighted by atomic mass is 14.1. The van der Waals surface area contributed by atoms with Gasteiger partial charge in [-0.25, -0.2) is 0 Å². The predicted octanol–water partition coefficient (Wildman–Crippen LogP) is 4.28. The molecule has 0 aromatic carbocycles. The van der Waals surface area contributed by atoms with Crippen LogP contribution >= 0.6 is 0 Å². The van der Waals surface area contributed by atoms with Crippen LogP contribution in [0.1, 0.15) is 27.2 Å². The maximum atomic E-state index is 3.76. The normalized spacial score (nSPS) is 20.4. The van der Waals surface area contributed by atoms with Crippen molar-refractivity contribution in [1.29, 1.82) is 0 Å². The fourth-order valence-corrected chi connectivity index (χ4v) is 1.29. The van der Waals surface area contributed by atoms with Crippen molar-refractivity contribution < 1.29 is 0 Å². The standard InChI is InChI=1S/C11H14.C2H6/c1-4-10-7-6-9(3)8-11(10)5-2;1-2/h4-5,7-9H,1-2,6H2,3H3;1-2H3. The fourth-order valence-electron chi connectivity index (χ4n) is 1.29. The molecule has 1 aliphatic rings. The lowest BCUT2D eigenvalue weighted by molar-refractivity contribution is 0.728. The van der Waals surface area contributed by atoms with Crippen molar-refractivity contribution >= 4 is 0 Å². The fraction of sp³-hybridized carbons (Fsp3) is 0.385. The van der Waals surface area contributed by atoms with Crippen LogP contribution in [0, 0.1) is 5.92 Å². The molecule has 0 nitrogen and oxygen atoms in total. The van der Waals surface area contributed by atoms with Crippen LogP contribution in [0.15, 0.2) is 48.6 Å². The maximum Gasteiger partial charge on any atom is -0.0218 e. The third-order valence-corrected chi connectivity index (χ3v) is 1.95. The van der Waals surface area contributed by atoms with E-state index in [1.807, 2.05) is 26.0 Å². The highest BCUT2D eigenvalue weighted by Gasteiger charge is 2.06. The molecule has 1 unspecified atom stereocenters. The largest absolute Gasteiger partial charge is 0.0985 e. The lowest BCUT2D eigenvalue weighted by atomic mass is 9.92. The molecule has 0 amide bonds. The first-order chi connectivity index (χ1) is 6.27. The van der Waals surface area contributed by atoms with Crippen molar-refractivity contribution in [2.24, 2.45) is 5.92 Å². The zero-order valence-corrected chi connectivity index (χ0v) is 9.01. The van der Waals surface area contributed by atoms with Crippen molar-refractivity contribution in [2.45, 2.75) is 27.2 Å². The van der Waals surface area contributed by atoms with Gasteiger partial charge in [0.1, 0.15) is 0 Å². The number of hydrogen-bond acceptors (Lipinski definition) is 0. The average molecular weight is 176 g/mol. The quantitative estimate of drug-likeness (QED) is 0.589. The average Bonchev–Trinajstić information content (AvgIpc) is 2.20. The summed E-state index contributed by atoms with van der Waals surface area (Å²) in [5, 5.41) is 0. The van der Waals surface area contributed by atoms with Gasteiger partial charge in [-0.05, 0) is 23.5 Å². The summed E-state index contributed by atoms with van der Waals surface area (Å²) in [7, 11) is 0. The minimum absolute atomic E-state index is 0.645. The first kappa shape index (κ1) is 12.0. The molecule has 0 heteroatoms. The van der Waals surface area contributed by atoms with Crippen LogP contribution in [-0.4, -0.2) is 0 Å². The summed E-state index contributed by atoms with van der Waals surface area (Å²) in [4.78, 5) is 0. The van der Waals surface area contributed by atoms with E-state index in [-0.39, 0.29) is 0 Å². The van der Waals surface area contributed by atoms with Crippen molar-refractivity contribution in [3.63, 3.8) is 0 Å². The summed E-state index contributed by atoms with van der Waals surface area (Å²) in [5.41, 5.74) is 2.44. The van der Waals surface area contributed by atoms with Crippen LogP contribution < -0.4 is 0 Å². The van der Waals surface area contributed by atoms with Crippen LogP contribution in [0.25, 0.3) is 0 Å². The molecule has 0 aromatic rings. The number of hydrogen-bond donors (Lipinski definition) is 0. The smallest absolute Gasteiger partial charge is 0.0218 e. The summed E-state index contributed by atoms with van der Waals surface area (Å²) in [5.74, 6) is 0.645. The van der Waals surface area contributed by atoms with Gasteiger partial charge in [-0.3, -0.25) is 0 Å². The highest BCUT2D eigenvalue weighted by molar-refractivity contribution is 5.47. The topological polar surface area (TPSA) is 0 Å². The van der Waals surface area contributed by atoms with Gasteiger partial charge in [0.15, 0.2) is 0 Å². The van der Waals surface area contributed by atoms with Gasteiger partial charge in [-0.2, -0.15) is 0 Å². The van der Waals surface area contributed by atoms with Crippen LogP contribution in [0.2, 0.25) is 0 Å². The van der Waals surface area contributed by atoms with E-state index in [0.717, 1.165) is 6.42 Å². The van der Waals surface area contributed by atoms with Gasteiger partial charge in [0.05, 0.1) is 0 Å². The van der Waals surface area contributed by atoms with E-state index in [2.05, 4.69) is 32.2 Å².